The number of carbonyl (C=O) groups excluding carboxylic acids is 2. The number of guanidine groups is 1. The number of anilines is 2. The van der Waals surface area contributed by atoms with Crippen LogP contribution in [0.15, 0.2) is 59.6 Å². The Balaban J connectivity index is 0.00000512. The van der Waals surface area contributed by atoms with Crippen LogP contribution in [0, 0.1) is 0 Å². The van der Waals surface area contributed by atoms with Crippen LogP contribution in [0.1, 0.15) is 26.3 Å². The lowest BCUT2D eigenvalue weighted by Crippen LogP contribution is -2.42. The van der Waals surface area contributed by atoms with Crippen LogP contribution in [0.5, 0.6) is 0 Å². The molecule has 0 radical (unpaired) electrons. The van der Waals surface area contributed by atoms with Crippen molar-refractivity contribution in [3.8, 4) is 0 Å². The minimum Gasteiger partial charge on any atom is -0.444 e. The highest BCUT2D eigenvalue weighted by Crippen LogP contribution is 2.13. The fourth-order valence-corrected chi connectivity index (χ4v) is 2.61. The zero-order valence-corrected chi connectivity index (χ0v) is 21.2. The summed E-state index contributed by atoms with van der Waals surface area (Å²) in [4.78, 5) is 28.0. The number of ether oxygens (including phenoxy) is 1. The maximum Gasteiger partial charge on any atom is 0.412 e. The molecule has 0 aliphatic rings. The number of aliphatic imine (C=N–C) groups is 1. The first-order valence-corrected chi connectivity index (χ1v) is 10.1. The Morgan fingerprint density at radius 3 is 2.12 bits per heavy atom. The fraction of sp³-hybridized carbons (Fsp3) is 0.348. The molecule has 9 heteroatoms. The van der Waals surface area contributed by atoms with E-state index in [1.807, 2.05) is 75.4 Å². The summed E-state index contributed by atoms with van der Waals surface area (Å²) in [5.74, 6) is 0.397. The van der Waals surface area contributed by atoms with Gasteiger partial charge in [-0.05, 0) is 57.0 Å². The van der Waals surface area contributed by atoms with Gasteiger partial charge >= 0.3 is 6.09 Å². The molecule has 0 aromatic heterocycles. The molecule has 0 fully saturated rings. The van der Waals surface area contributed by atoms with E-state index in [1.54, 1.807) is 7.05 Å². The zero-order valence-electron chi connectivity index (χ0n) is 18.9. The van der Waals surface area contributed by atoms with Gasteiger partial charge in [-0.1, -0.05) is 30.3 Å². The summed E-state index contributed by atoms with van der Waals surface area (Å²) in [7, 11) is 1.65. The number of halogens is 1. The maximum absolute atomic E-state index is 12.0. The van der Waals surface area contributed by atoms with Gasteiger partial charge in [0.05, 0.1) is 6.54 Å². The molecule has 0 heterocycles. The van der Waals surface area contributed by atoms with Crippen LogP contribution < -0.4 is 21.3 Å². The van der Waals surface area contributed by atoms with Crippen molar-refractivity contribution in [2.75, 3.05) is 30.8 Å². The van der Waals surface area contributed by atoms with Gasteiger partial charge in [-0.2, -0.15) is 0 Å². The summed E-state index contributed by atoms with van der Waals surface area (Å²) in [6.45, 7) is 6.21. The highest BCUT2D eigenvalue weighted by Gasteiger charge is 2.16. The summed E-state index contributed by atoms with van der Waals surface area (Å²) in [6.07, 6.45) is 0.275. The Bertz CT molecular complexity index is 881. The summed E-state index contributed by atoms with van der Waals surface area (Å²) in [5, 5.41) is 11.7. The van der Waals surface area contributed by atoms with Gasteiger partial charge in [0.25, 0.3) is 0 Å². The molecule has 0 aliphatic carbocycles. The van der Waals surface area contributed by atoms with E-state index in [0.29, 0.717) is 18.2 Å². The minimum absolute atomic E-state index is 0. The molecule has 2 rings (SSSR count). The third-order valence-electron chi connectivity index (χ3n) is 4.00. The van der Waals surface area contributed by atoms with E-state index in [2.05, 4.69) is 26.3 Å². The van der Waals surface area contributed by atoms with Crippen molar-refractivity contribution in [2.24, 2.45) is 4.99 Å². The van der Waals surface area contributed by atoms with Crippen LogP contribution in [-0.2, 0) is 16.0 Å². The number of nitrogens with zero attached hydrogens (tertiary/aromatic N) is 1. The van der Waals surface area contributed by atoms with Crippen molar-refractivity contribution < 1.29 is 14.3 Å². The molecule has 174 valence electrons. The number of benzene rings is 2. The molecule has 0 aliphatic heterocycles. The SMILES string of the molecule is CN=C(NCCc1ccc(NC(=O)OC(C)(C)C)cc1)NCC(=O)Nc1ccccc1.I. The van der Waals surface area contributed by atoms with E-state index < -0.39 is 11.7 Å². The summed E-state index contributed by atoms with van der Waals surface area (Å²) in [5.41, 5.74) is 1.99. The fourth-order valence-electron chi connectivity index (χ4n) is 2.61. The standard InChI is InChI=1S/C23H31N5O3.HI/c1-23(2,3)31-22(30)28-19-12-10-17(11-13-19)14-15-25-21(24-4)26-16-20(29)27-18-8-6-5-7-9-18;/h5-13H,14-16H2,1-4H3,(H,27,29)(H,28,30)(H2,24,25,26);1H. The van der Waals surface area contributed by atoms with Gasteiger partial charge in [-0.25, -0.2) is 4.79 Å². The second-order valence-corrected chi connectivity index (χ2v) is 7.84. The van der Waals surface area contributed by atoms with Crippen molar-refractivity contribution in [3.63, 3.8) is 0 Å². The average molecular weight is 553 g/mol. The number of hydrogen-bond donors (Lipinski definition) is 4. The lowest BCUT2D eigenvalue weighted by molar-refractivity contribution is -0.115. The van der Waals surface area contributed by atoms with Gasteiger partial charge in [-0.3, -0.25) is 15.1 Å². The molecule has 32 heavy (non-hydrogen) atoms. The number of para-hydroxylation sites is 1. The first kappa shape index (κ1) is 27.2. The smallest absolute Gasteiger partial charge is 0.412 e. The van der Waals surface area contributed by atoms with Crippen LogP contribution in [0.4, 0.5) is 16.2 Å². The van der Waals surface area contributed by atoms with Crippen molar-refractivity contribution in [1.82, 2.24) is 10.6 Å². The summed E-state index contributed by atoms with van der Waals surface area (Å²) < 4.78 is 5.24. The average Bonchev–Trinajstić information content (AvgIpc) is 2.71. The van der Waals surface area contributed by atoms with Crippen LogP contribution in [-0.4, -0.2) is 43.7 Å². The zero-order chi connectivity index (χ0) is 22.7. The van der Waals surface area contributed by atoms with Gasteiger partial charge in [0.15, 0.2) is 5.96 Å². The van der Waals surface area contributed by atoms with Crippen LogP contribution in [0.2, 0.25) is 0 Å². The van der Waals surface area contributed by atoms with Crippen molar-refractivity contribution in [1.29, 1.82) is 0 Å². The second-order valence-electron chi connectivity index (χ2n) is 7.84. The number of amides is 2. The van der Waals surface area contributed by atoms with Gasteiger partial charge in [-0.15, -0.1) is 24.0 Å². The third-order valence-corrected chi connectivity index (χ3v) is 4.00. The molecule has 0 bridgehead atoms. The number of carbonyl (C=O) groups is 2. The number of hydrogen-bond acceptors (Lipinski definition) is 4. The van der Waals surface area contributed by atoms with Gasteiger partial charge in [0.2, 0.25) is 5.91 Å². The van der Waals surface area contributed by atoms with Crippen LogP contribution >= 0.6 is 24.0 Å². The molecule has 2 aromatic rings. The Labute approximate surface area is 206 Å². The normalized spacial score (nSPS) is 11.1. The molecule has 2 aromatic carbocycles. The van der Waals surface area contributed by atoms with E-state index >= 15 is 0 Å². The first-order chi connectivity index (χ1) is 14.7. The molecule has 0 saturated carbocycles. The summed E-state index contributed by atoms with van der Waals surface area (Å²) >= 11 is 0. The third kappa shape index (κ3) is 11.0. The minimum atomic E-state index is -0.537. The van der Waals surface area contributed by atoms with Gasteiger partial charge in [0.1, 0.15) is 5.60 Å². The first-order valence-electron chi connectivity index (χ1n) is 10.1. The van der Waals surface area contributed by atoms with Crippen LogP contribution in [0.25, 0.3) is 0 Å². The van der Waals surface area contributed by atoms with E-state index in [4.69, 9.17) is 4.74 Å². The molecule has 0 unspecified atom stereocenters. The molecule has 4 N–H and O–H groups in total. The van der Waals surface area contributed by atoms with Crippen molar-refractivity contribution in [3.05, 3.63) is 60.2 Å². The second kappa shape index (κ2) is 13.6. The molecular formula is C23H32IN5O3. The highest BCUT2D eigenvalue weighted by molar-refractivity contribution is 14.0. The van der Waals surface area contributed by atoms with Gasteiger partial charge < -0.3 is 20.7 Å². The van der Waals surface area contributed by atoms with E-state index in [1.165, 1.54) is 0 Å². The molecule has 0 saturated heterocycles. The lowest BCUT2D eigenvalue weighted by atomic mass is 10.1. The Kier molecular flexibility index (Phi) is 11.5. The molecule has 8 nitrogen and oxygen atoms in total. The number of nitrogens with one attached hydrogen (secondary N) is 4. The van der Waals surface area contributed by atoms with Gasteiger partial charge in [0, 0.05) is 25.0 Å². The van der Waals surface area contributed by atoms with Crippen LogP contribution in [0.3, 0.4) is 0 Å². The molecule has 2 amide bonds. The Hall–Kier alpha value is -2.82. The molecule has 0 spiro atoms. The summed E-state index contributed by atoms with van der Waals surface area (Å²) in [6, 6.07) is 16.8. The maximum atomic E-state index is 12.0. The van der Waals surface area contributed by atoms with E-state index in [-0.39, 0.29) is 36.4 Å². The highest BCUT2D eigenvalue weighted by atomic mass is 127. The van der Waals surface area contributed by atoms with Crippen molar-refractivity contribution in [2.45, 2.75) is 32.8 Å². The quantitative estimate of drug-likeness (QED) is 0.236. The van der Waals surface area contributed by atoms with E-state index in [9.17, 15) is 9.59 Å². The predicted molar refractivity (Wildman–Crippen MR) is 140 cm³/mol. The lowest BCUT2D eigenvalue weighted by Gasteiger charge is -2.19. The topological polar surface area (TPSA) is 104 Å². The Morgan fingerprint density at radius 2 is 1.53 bits per heavy atom. The molecular weight excluding hydrogens is 521 g/mol. The number of rotatable bonds is 7. The molecule has 0 atom stereocenters. The largest absolute Gasteiger partial charge is 0.444 e. The monoisotopic (exact) mass is 553 g/mol. The Morgan fingerprint density at radius 1 is 0.906 bits per heavy atom. The van der Waals surface area contributed by atoms with Crippen molar-refractivity contribution >= 4 is 53.3 Å². The van der Waals surface area contributed by atoms with E-state index in [0.717, 1.165) is 17.7 Å². The predicted octanol–water partition coefficient (Wildman–Crippen LogP) is 4.00.